The van der Waals surface area contributed by atoms with E-state index in [-0.39, 0.29) is 0 Å². The number of nitrogens with zero attached hydrogens (tertiary/aromatic N) is 2. The Morgan fingerprint density at radius 2 is 2.06 bits per heavy atom. The van der Waals surface area contributed by atoms with E-state index in [0.717, 1.165) is 31.3 Å². The van der Waals surface area contributed by atoms with E-state index in [0.29, 0.717) is 6.04 Å². The Hall–Kier alpha value is -1.35. The van der Waals surface area contributed by atoms with Crippen molar-refractivity contribution in [1.82, 2.24) is 9.55 Å². The number of rotatable bonds is 5. The molecule has 0 atom stereocenters. The van der Waals surface area contributed by atoms with Crippen molar-refractivity contribution in [3.8, 4) is 0 Å². The number of unbranched alkanes of at least 4 members (excludes halogenated alkanes) is 1. The second kappa shape index (κ2) is 4.49. The van der Waals surface area contributed by atoms with Crippen molar-refractivity contribution in [3.05, 3.63) is 30.1 Å². The molecule has 1 aliphatic carbocycles. The van der Waals surface area contributed by atoms with Crippen LogP contribution >= 0.6 is 0 Å². The molecular weight excluding hydrogens is 210 g/mol. The van der Waals surface area contributed by atoms with Gasteiger partial charge in [0, 0.05) is 12.5 Å². The van der Waals surface area contributed by atoms with Gasteiger partial charge in [-0.1, -0.05) is 12.1 Å². The SMILES string of the molecule is NCCCCc1nc2ccccc2n1C1CC1. The van der Waals surface area contributed by atoms with Gasteiger partial charge in [-0.3, -0.25) is 0 Å². The molecule has 0 aliphatic heterocycles. The summed E-state index contributed by atoms with van der Waals surface area (Å²) >= 11 is 0. The van der Waals surface area contributed by atoms with E-state index in [1.165, 1.54) is 24.2 Å². The van der Waals surface area contributed by atoms with Crippen LogP contribution in [-0.2, 0) is 6.42 Å². The van der Waals surface area contributed by atoms with Crippen molar-refractivity contribution >= 4 is 11.0 Å². The highest BCUT2D eigenvalue weighted by Crippen LogP contribution is 2.38. The number of aryl methyl sites for hydroxylation is 1. The first-order valence-electron chi connectivity index (χ1n) is 6.56. The normalized spacial score (nSPS) is 15.6. The molecule has 2 N–H and O–H groups in total. The molecule has 2 aromatic rings. The zero-order valence-electron chi connectivity index (χ0n) is 10.1. The number of imidazole rings is 1. The summed E-state index contributed by atoms with van der Waals surface area (Å²) in [6.45, 7) is 0.781. The topological polar surface area (TPSA) is 43.8 Å². The first-order valence-corrected chi connectivity index (χ1v) is 6.56. The van der Waals surface area contributed by atoms with Crippen molar-refractivity contribution < 1.29 is 0 Å². The lowest BCUT2D eigenvalue weighted by Crippen LogP contribution is -2.04. The monoisotopic (exact) mass is 229 g/mol. The number of benzene rings is 1. The minimum absolute atomic E-state index is 0.704. The number of nitrogens with two attached hydrogens (primary N) is 1. The van der Waals surface area contributed by atoms with Crippen molar-refractivity contribution in [2.75, 3.05) is 6.54 Å². The average molecular weight is 229 g/mol. The Morgan fingerprint density at radius 3 is 2.82 bits per heavy atom. The van der Waals surface area contributed by atoms with Crippen LogP contribution in [0.15, 0.2) is 24.3 Å². The molecule has 1 aliphatic rings. The molecule has 1 aromatic heterocycles. The Morgan fingerprint density at radius 1 is 1.24 bits per heavy atom. The molecule has 3 heteroatoms. The van der Waals surface area contributed by atoms with Gasteiger partial charge in [-0.05, 0) is 44.4 Å². The summed E-state index contributed by atoms with van der Waals surface area (Å²) in [4.78, 5) is 4.77. The van der Waals surface area contributed by atoms with Crippen molar-refractivity contribution in [1.29, 1.82) is 0 Å². The van der Waals surface area contributed by atoms with Crippen molar-refractivity contribution in [3.63, 3.8) is 0 Å². The highest BCUT2D eigenvalue weighted by atomic mass is 15.1. The maximum absolute atomic E-state index is 5.55. The molecule has 0 saturated heterocycles. The summed E-state index contributed by atoms with van der Waals surface area (Å²) in [6, 6.07) is 9.17. The third kappa shape index (κ3) is 2.07. The molecule has 0 spiro atoms. The predicted molar refractivity (Wildman–Crippen MR) is 70.0 cm³/mol. The second-order valence-electron chi connectivity index (χ2n) is 4.86. The van der Waals surface area contributed by atoms with Gasteiger partial charge < -0.3 is 10.3 Å². The van der Waals surface area contributed by atoms with Crippen LogP contribution in [0.5, 0.6) is 0 Å². The summed E-state index contributed by atoms with van der Waals surface area (Å²) in [6.07, 6.45) is 5.91. The molecule has 0 radical (unpaired) electrons. The van der Waals surface area contributed by atoms with Crippen LogP contribution in [0.4, 0.5) is 0 Å². The fourth-order valence-corrected chi connectivity index (χ4v) is 2.44. The van der Waals surface area contributed by atoms with Gasteiger partial charge >= 0.3 is 0 Å². The third-order valence-corrected chi connectivity index (χ3v) is 3.44. The van der Waals surface area contributed by atoms with Crippen LogP contribution < -0.4 is 5.73 Å². The Bertz CT molecular complexity index is 511. The van der Waals surface area contributed by atoms with E-state index < -0.39 is 0 Å². The molecular formula is C14H19N3. The molecule has 1 fully saturated rings. The van der Waals surface area contributed by atoms with E-state index in [4.69, 9.17) is 10.7 Å². The lowest BCUT2D eigenvalue weighted by Gasteiger charge is -2.06. The van der Waals surface area contributed by atoms with Crippen LogP contribution in [0.1, 0.15) is 37.5 Å². The van der Waals surface area contributed by atoms with Crippen LogP contribution in [0.2, 0.25) is 0 Å². The summed E-state index contributed by atoms with van der Waals surface area (Å²) in [5, 5.41) is 0. The van der Waals surface area contributed by atoms with E-state index in [2.05, 4.69) is 28.8 Å². The zero-order chi connectivity index (χ0) is 11.7. The number of para-hydroxylation sites is 2. The van der Waals surface area contributed by atoms with Gasteiger partial charge in [-0.25, -0.2) is 4.98 Å². The van der Waals surface area contributed by atoms with Gasteiger partial charge in [0.25, 0.3) is 0 Å². The maximum Gasteiger partial charge on any atom is 0.110 e. The van der Waals surface area contributed by atoms with Gasteiger partial charge in [0.15, 0.2) is 0 Å². The molecule has 3 rings (SSSR count). The number of hydrogen-bond acceptors (Lipinski definition) is 2. The van der Waals surface area contributed by atoms with E-state index in [1.807, 2.05) is 0 Å². The lowest BCUT2D eigenvalue weighted by atomic mass is 10.2. The maximum atomic E-state index is 5.55. The van der Waals surface area contributed by atoms with Gasteiger partial charge in [-0.2, -0.15) is 0 Å². The fraction of sp³-hybridized carbons (Fsp3) is 0.500. The first kappa shape index (κ1) is 10.8. The Kier molecular flexibility index (Phi) is 2.85. The van der Waals surface area contributed by atoms with Crippen LogP contribution in [0.3, 0.4) is 0 Å². The number of hydrogen-bond donors (Lipinski definition) is 1. The average Bonchev–Trinajstić information content (AvgIpc) is 3.11. The largest absolute Gasteiger partial charge is 0.330 e. The number of aromatic nitrogens is 2. The number of fused-ring (bicyclic) bond motifs is 1. The van der Waals surface area contributed by atoms with Crippen LogP contribution in [0.25, 0.3) is 11.0 Å². The summed E-state index contributed by atoms with van der Waals surface area (Å²) in [5.74, 6) is 1.25. The summed E-state index contributed by atoms with van der Waals surface area (Å²) in [5.41, 5.74) is 8.00. The van der Waals surface area contributed by atoms with Crippen LogP contribution in [-0.4, -0.2) is 16.1 Å². The predicted octanol–water partition coefficient (Wildman–Crippen LogP) is 2.65. The first-order chi connectivity index (χ1) is 8.40. The van der Waals surface area contributed by atoms with Crippen molar-refractivity contribution in [2.45, 2.75) is 38.1 Å². The highest BCUT2D eigenvalue weighted by Gasteiger charge is 2.27. The standard InChI is InChI=1S/C14H19N3/c15-10-4-3-7-14-16-12-5-1-2-6-13(12)17(14)11-8-9-11/h1-2,5-6,11H,3-4,7-10,15H2. The molecule has 90 valence electrons. The minimum Gasteiger partial charge on any atom is -0.330 e. The quantitative estimate of drug-likeness (QED) is 0.801. The Labute approximate surface area is 102 Å². The van der Waals surface area contributed by atoms with Gasteiger partial charge in [0.2, 0.25) is 0 Å². The molecule has 0 bridgehead atoms. The lowest BCUT2D eigenvalue weighted by molar-refractivity contribution is 0.652. The molecule has 0 amide bonds. The smallest absolute Gasteiger partial charge is 0.110 e. The molecule has 0 unspecified atom stereocenters. The minimum atomic E-state index is 0.704. The van der Waals surface area contributed by atoms with Gasteiger partial charge in [0.05, 0.1) is 11.0 Å². The molecule has 17 heavy (non-hydrogen) atoms. The third-order valence-electron chi connectivity index (χ3n) is 3.44. The van der Waals surface area contributed by atoms with E-state index in [1.54, 1.807) is 0 Å². The molecule has 1 aromatic carbocycles. The summed E-state index contributed by atoms with van der Waals surface area (Å²) < 4.78 is 2.45. The molecule has 1 saturated carbocycles. The fourth-order valence-electron chi connectivity index (χ4n) is 2.44. The second-order valence-corrected chi connectivity index (χ2v) is 4.86. The zero-order valence-corrected chi connectivity index (χ0v) is 10.1. The molecule has 3 nitrogen and oxygen atoms in total. The van der Waals surface area contributed by atoms with E-state index >= 15 is 0 Å². The van der Waals surface area contributed by atoms with E-state index in [9.17, 15) is 0 Å². The van der Waals surface area contributed by atoms with Crippen LogP contribution in [0, 0.1) is 0 Å². The van der Waals surface area contributed by atoms with Gasteiger partial charge in [-0.15, -0.1) is 0 Å². The highest BCUT2D eigenvalue weighted by molar-refractivity contribution is 5.76. The van der Waals surface area contributed by atoms with Crippen molar-refractivity contribution in [2.24, 2.45) is 5.73 Å². The Balaban J connectivity index is 1.95. The summed E-state index contributed by atoms with van der Waals surface area (Å²) in [7, 11) is 0. The van der Waals surface area contributed by atoms with Gasteiger partial charge in [0.1, 0.15) is 5.82 Å². The molecule has 1 heterocycles.